The molecule has 3 aromatic rings. The molecule has 1 aromatic heterocycles. The van der Waals surface area contributed by atoms with E-state index in [1.54, 1.807) is 18.2 Å². The highest BCUT2D eigenvalue weighted by Crippen LogP contribution is 2.17. The molecule has 0 aliphatic heterocycles. The number of fused-ring (bicyclic) bond motifs is 1. The molecule has 6 nitrogen and oxygen atoms in total. The zero-order valence-corrected chi connectivity index (χ0v) is 16.5. The van der Waals surface area contributed by atoms with E-state index in [0.29, 0.717) is 27.3 Å². The highest BCUT2D eigenvalue weighted by Gasteiger charge is 2.38. The van der Waals surface area contributed by atoms with Gasteiger partial charge in [-0.25, -0.2) is 18.6 Å². The van der Waals surface area contributed by atoms with Gasteiger partial charge in [0.1, 0.15) is 5.82 Å². The van der Waals surface area contributed by atoms with E-state index in [4.69, 9.17) is 21.5 Å². The molecule has 0 fully saturated rings. The molecule has 31 heavy (non-hydrogen) atoms. The molecule has 3 N–H and O–H groups in total. The molecule has 0 bridgehead atoms. The minimum Gasteiger partial charge on any atom is -0.475 e. The Morgan fingerprint density at radius 2 is 1.84 bits per heavy atom. The van der Waals surface area contributed by atoms with Crippen molar-refractivity contribution in [2.75, 3.05) is 0 Å². The predicted octanol–water partition coefficient (Wildman–Crippen LogP) is 4.34. The van der Waals surface area contributed by atoms with Crippen LogP contribution in [0.25, 0.3) is 10.9 Å². The number of nitrogens with one attached hydrogen (secondary N) is 2. The molecule has 12 heteroatoms. The van der Waals surface area contributed by atoms with Crippen LogP contribution in [0.15, 0.2) is 41.2 Å². The van der Waals surface area contributed by atoms with E-state index in [1.807, 2.05) is 6.92 Å². The van der Waals surface area contributed by atoms with E-state index in [1.165, 1.54) is 6.07 Å². The monoisotopic (exact) mass is 463 g/mol. The van der Waals surface area contributed by atoms with E-state index in [0.717, 1.165) is 12.1 Å². The topological polar surface area (TPSA) is 95.1 Å². The van der Waals surface area contributed by atoms with Crippen molar-refractivity contribution in [1.29, 1.82) is 0 Å². The largest absolute Gasteiger partial charge is 0.490 e. The lowest BCUT2D eigenvalue weighted by atomic mass is 10.1. The second kappa shape index (κ2) is 9.84. The van der Waals surface area contributed by atoms with Crippen LogP contribution in [0.4, 0.5) is 22.0 Å². The van der Waals surface area contributed by atoms with E-state index in [9.17, 15) is 26.7 Å². The standard InChI is InChI=1S/C17H14ClF2N3O.C2HF3O2/c1-9(10-2-5-13(19)14(20)6-10)21-8-16-22-15-7-11(18)3-4-12(15)17(24)23-16;3-2(4,5)1(6)7/h2-7,9,21H,8H2,1H3,(H,22,23,24);(H,6,7). The van der Waals surface area contributed by atoms with Crippen LogP contribution in [0.2, 0.25) is 5.02 Å². The number of carboxylic acids is 1. The van der Waals surface area contributed by atoms with E-state index >= 15 is 0 Å². The van der Waals surface area contributed by atoms with Crippen molar-refractivity contribution < 1.29 is 31.9 Å². The van der Waals surface area contributed by atoms with Crippen molar-refractivity contribution in [3.63, 3.8) is 0 Å². The number of hydrogen-bond acceptors (Lipinski definition) is 4. The average Bonchev–Trinajstić information content (AvgIpc) is 2.67. The van der Waals surface area contributed by atoms with Crippen LogP contribution in [0.3, 0.4) is 0 Å². The summed E-state index contributed by atoms with van der Waals surface area (Å²) in [4.78, 5) is 28.0. The van der Waals surface area contributed by atoms with Crippen LogP contribution in [-0.2, 0) is 11.3 Å². The summed E-state index contributed by atoms with van der Waals surface area (Å²) in [6, 6.07) is 8.35. The summed E-state index contributed by atoms with van der Waals surface area (Å²) in [5.41, 5.74) is 0.845. The molecule has 2 aromatic carbocycles. The first-order valence-corrected chi connectivity index (χ1v) is 8.93. The number of H-pyrrole nitrogens is 1. The first kappa shape index (κ1) is 24.2. The smallest absolute Gasteiger partial charge is 0.475 e. The summed E-state index contributed by atoms with van der Waals surface area (Å²) in [6.45, 7) is 2.07. The molecular formula is C19H15ClF5N3O3. The zero-order valence-electron chi connectivity index (χ0n) is 15.7. The predicted molar refractivity (Wildman–Crippen MR) is 103 cm³/mol. The summed E-state index contributed by atoms with van der Waals surface area (Å²) in [7, 11) is 0. The first-order valence-electron chi connectivity index (χ1n) is 8.55. The van der Waals surface area contributed by atoms with Gasteiger partial charge in [-0.2, -0.15) is 13.2 Å². The average molecular weight is 464 g/mol. The number of aromatic nitrogens is 2. The Balaban J connectivity index is 0.000000423. The Labute approximate surface area is 176 Å². The maximum absolute atomic E-state index is 13.3. The number of aliphatic carboxylic acids is 1. The van der Waals surface area contributed by atoms with Gasteiger partial charge in [-0.3, -0.25) is 4.79 Å². The number of nitrogens with zero attached hydrogens (tertiary/aromatic N) is 1. The molecule has 0 aliphatic rings. The molecule has 1 unspecified atom stereocenters. The van der Waals surface area contributed by atoms with E-state index in [2.05, 4.69) is 15.3 Å². The molecule has 1 atom stereocenters. The molecule has 0 saturated carbocycles. The second-order valence-corrected chi connectivity index (χ2v) is 6.69. The Bertz CT molecular complexity index is 1150. The van der Waals surface area contributed by atoms with Crippen molar-refractivity contribution in [1.82, 2.24) is 15.3 Å². The van der Waals surface area contributed by atoms with Gasteiger partial charge in [0.05, 0.1) is 17.4 Å². The molecule has 0 radical (unpaired) electrons. The Morgan fingerprint density at radius 1 is 1.19 bits per heavy atom. The van der Waals surface area contributed by atoms with Crippen LogP contribution >= 0.6 is 11.6 Å². The first-order chi connectivity index (χ1) is 14.4. The Kier molecular flexibility index (Phi) is 7.69. The number of carbonyl (C=O) groups is 1. The van der Waals surface area contributed by atoms with E-state index < -0.39 is 23.8 Å². The lowest BCUT2D eigenvalue weighted by Gasteiger charge is -2.14. The second-order valence-electron chi connectivity index (χ2n) is 6.25. The number of hydrogen-bond donors (Lipinski definition) is 3. The van der Waals surface area contributed by atoms with Gasteiger partial charge in [-0.1, -0.05) is 17.7 Å². The molecule has 166 valence electrons. The van der Waals surface area contributed by atoms with Crippen LogP contribution < -0.4 is 10.9 Å². The molecule has 0 aliphatic carbocycles. The fourth-order valence-corrected chi connectivity index (χ4v) is 2.56. The lowest BCUT2D eigenvalue weighted by Crippen LogP contribution is -2.22. The summed E-state index contributed by atoms with van der Waals surface area (Å²) >= 11 is 5.92. The molecule has 1 heterocycles. The van der Waals surface area contributed by atoms with Crippen molar-refractivity contribution in [2.24, 2.45) is 0 Å². The summed E-state index contributed by atoms with van der Waals surface area (Å²) in [5.74, 6) is -4.10. The fraction of sp³-hybridized carbons (Fsp3) is 0.211. The van der Waals surface area contributed by atoms with Crippen molar-refractivity contribution in [3.8, 4) is 0 Å². The Hall–Kier alpha value is -3.05. The summed E-state index contributed by atoms with van der Waals surface area (Å²) in [5, 5.41) is 11.2. The number of rotatable bonds is 4. The Morgan fingerprint density at radius 3 is 2.42 bits per heavy atom. The summed E-state index contributed by atoms with van der Waals surface area (Å²) < 4.78 is 58.0. The molecule has 0 spiro atoms. The van der Waals surface area contributed by atoms with Crippen LogP contribution in [0.1, 0.15) is 24.4 Å². The minimum atomic E-state index is -5.08. The third-order valence-electron chi connectivity index (χ3n) is 3.98. The van der Waals surface area contributed by atoms with Gasteiger partial charge < -0.3 is 15.4 Å². The highest BCUT2D eigenvalue weighted by atomic mass is 35.5. The molecular weight excluding hydrogens is 449 g/mol. The lowest BCUT2D eigenvalue weighted by molar-refractivity contribution is -0.192. The quantitative estimate of drug-likeness (QED) is 0.500. The molecule has 0 amide bonds. The zero-order chi connectivity index (χ0) is 23.3. The van der Waals surface area contributed by atoms with Gasteiger partial charge in [0.15, 0.2) is 11.6 Å². The van der Waals surface area contributed by atoms with Crippen LogP contribution in [0.5, 0.6) is 0 Å². The van der Waals surface area contributed by atoms with Crippen molar-refractivity contribution in [2.45, 2.75) is 25.7 Å². The molecule has 0 saturated heterocycles. The van der Waals surface area contributed by atoms with Gasteiger partial charge in [-0.15, -0.1) is 0 Å². The maximum atomic E-state index is 13.3. The number of halogens is 6. The van der Waals surface area contributed by atoms with Gasteiger partial charge in [0.25, 0.3) is 5.56 Å². The van der Waals surface area contributed by atoms with Crippen LogP contribution in [0, 0.1) is 11.6 Å². The number of aromatic amines is 1. The number of benzene rings is 2. The minimum absolute atomic E-state index is 0.250. The van der Waals surface area contributed by atoms with Crippen molar-refractivity contribution >= 4 is 28.5 Å². The molecule has 3 rings (SSSR count). The van der Waals surface area contributed by atoms with Crippen LogP contribution in [-0.4, -0.2) is 27.2 Å². The fourth-order valence-electron chi connectivity index (χ4n) is 2.39. The van der Waals surface area contributed by atoms with Gasteiger partial charge in [0, 0.05) is 11.1 Å². The SMILES string of the molecule is CC(NCc1nc2cc(Cl)ccc2c(=O)[nH]1)c1ccc(F)c(F)c1.O=C(O)C(F)(F)F. The highest BCUT2D eigenvalue weighted by molar-refractivity contribution is 6.31. The van der Waals surface area contributed by atoms with Crippen molar-refractivity contribution in [3.05, 3.63) is 74.8 Å². The van der Waals surface area contributed by atoms with E-state index in [-0.39, 0.29) is 18.1 Å². The van der Waals surface area contributed by atoms with Gasteiger partial charge in [-0.05, 0) is 42.8 Å². The third-order valence-corrected chi connectivity index (χ3v) is 4.21. The third kappa shape index (κ3) is 6.72. The maximum Gasteiger partial charge on any atom is 0.490 e. The number of alkyl halides is 3. The summed E-state index contributed by atoms with van der Waals surface area (Å²) in [6.07, 6.45) is -5.08. The van der Waals surface area contributed by atoms with Gasteiger partial charge in [0.2, 0.25) is 0 Å². The normalized spacial score (nSPS) is 12.2. The van der Waals surface area contributed by atoms with Gasteiger partial charge >= 0.3 is 12.1 Å². The number of carboxylic acid groups (broad SMARTS) is 1.